The van der Waals surface area contributed by atoms with Crippen molar-refractivity contribution >= 4 is 14.5 Å². The minimum absolute atomic E-state index is 0.0260. The van der Waals surface area contributed by atoms with E-state index in [1.165, 1.54) is 5.56 Å². The van der Waals surface area contributed by atoms with Gasteiger partial charge in [0.1, 0.15) is 5.82 Å². The second-order valence-corrected chi connectivity index (χ2v) is 7.04. The molecule has 0 radical (unpaired) electrons. The number of hydrogen-bond donors (Lipinski definition) is 0. The zero-order valence-corrected chi connectivity index (χ0v) is 12.3. The van der Waals surface area contributed by atoms with Gasteiger partial charge >= 0.3 is 0 Å². The Kier molecular flexibility index (Phi) is 3.50. The predicted octanol–water partition coefficient (Wildman–Crippen LogP) is 3.92. The molecule has 1 aromatic rings. The highest BCUT2D eigenvalue weighted by molar-refractivity contribution is 7.27. The third-order valence-corrected chi connectivity index (χ3v) is 3.20. The van der Waals surface area contributed by atoms with Crippen LogP contribution in [0.2, 0.25) is 0 Å². The number of benzene rings is 1. The van der Waals surface area contributed by atoms with Gasteiger partial charge in [-0.3, -0.25) is 0 Å². The van der Waals surface area contributed by atoms with Crippen LogP contribution in [0.15, 0.2) is 12.1 Å². The molecule has 0 aliphatic rings. The van der Waals surface area contributed by atoms with Crippen LogP contribution in [-0.2, 0) is 10.8 Å². The Hall–Kier alpha value is -0.420. The third-order valence-electron chi connectivity index (χ3n) is 2.75. The molecular weight excluding hydrogens is 218 g/mol. The summed E-state index contributed by atoms with van der Waals surface area (Å²) in [6.07, 6.45) is 0. The summed E-state index contributed by atoms with van der Waals surface area (Å²) in [6, 6.07) is 3.64. The Morgan fingerprint density at radius 1 is 0.875 bits per heavy atom. The summed E-state index contributed by atoms with van der Waals surface area (Å²) < 4.78 is 13.7. The molecule has 0 aliphatic heterocycles. The van der Waals surface area contributed by atoms with Crippen LogP contribution in [0.5, 0.6) is 0 Å². The van der Waals surface area contributed by atoms with E-state index < -0.39 is 0 Å². The lowest BCUT2D eigenvalue weighted by atomic mass is 9.75. The highest BCUT2D eigenvalue weighted by Crippen LogP contribution is 2.34. The highest BCUT2D eigenvalue weighted by atomic mass is 31.0. The van der Waals surface area contributed by atoms with E-state index in [4.69, 9.17) is 0 Å². The first kappa shape index (κ1) is 13.6. The lowest BCUT2D eigenvalue weighted by Crippen LogP contribution is -2.24. The highest BCUT2D eigenvalue weighted by Gasteiger charge is 2.26. The average Bonchev–Trinajstić information content (AvgIpc) is 2.05. The zero-order valence-electron chi connectivity index (χ0n) is 11.1. The van der Waals surface area contributed by atoms with Crippen LogP contribution in [0.3, 0.4) is 0 Å². The molecule has 0 nitrogen and oxygen atoms in total. The maximum absolute atomic E-state index is 13.7. The molecule has 0 aliphatic carbocycles. The first-order valence-electron chi connectivity index (χ1n) is 5.63. The molecule has 0 heterocycles. The molecule has 1 atom stereocenters. The number of halogens is 1. The monoisotopic (exact) mass is 240 g/mol. The molecule has 1 aromatic carbocycles. The normalized spacial score (nSPS) is 13.0. The SMILES string of the molecule is CC(C)(C)c1cc(F)c(P)cc1C(C)(C)C. The van der Waals surface area contributed by atoms with Crippen molar-refractivity contribution in [2.75, 3.05) is 0 Å². The van der Waals surface area contributed by atoms with Crippen LogP contribution in [0.25, 0.3) is 0 Å². The van der Waals surface area contributed by atoms with Gasteiger partial charge in [0.2, 0.25) is 0 Å². The summed E-state index contributed by atoms with van der Waals surface area (Å²) in [7, 11) is 2.47. The Bertz CT molecular complexity index is 355. The second-order valence-electron chi connectivity index (χ2n) is 6.42. The van der Waals surface area contributed by atoms with Crippen molar-refractivity contribution in [1.29, 1.82) is 0 Å². The van der Waals surface area contributed by atoms with Gasteiger partial charge in [-0.2, -0.15) is 0 Å². The fourth-order valence-electron chi connectivity index (χ4n) is 1.83. The van der Waals surface area contributed by atoms with E-state index in [1.807, 2.05) is 6.07 Å². The van der Waals surface area contributed by atoms with Crippen molar-refractivity contribution in [3.05, 3.63) is 29.1 Å². The molecule has 0 fully saturated rings. The zero-order chi connectivity index (χ0) is 12.7. The van der Waals surface area contributed by atoms with E-state index in [1.54, 1.807) is 6.07 Å². The molecular formula is C14H22FP. The fraction of sp³-hybridized carbons (Fsp3) is 0.571. The Morgan fingerprint density at radius 3 is 1.62 bits per heavy atom. The average molecular weight is 240 g/mol. The van der Waals surface area contributed by atoms with Gasteiger partial charge in [0.25, 0.3) is 0 Å². The second kappa shape index (κ2) is 4.11. The van der Waals surface area contributed by atoms with Gasteiger partial charge in [-0.05, 0) is 34.1 Å². The summed E-state index contributed by atoms with van der Waals surface area (Å²) in [6.45, 7) is 12.9. The van der Waals surface area contributed by atoms with Crippen LogP contribution in [0.4, 0.5) is 4.39 Å². The van der Waals surface area contributed by atoms with Crippen molar-refractivity contribution in [1.82, 2.24) is 0 Å². The Balaban J connectivity index is 3.53. The minimum atomic E-state index is -0.136. The van der Waals surface area contributed by atoms with Crippen molar-refractivity contribution in [3.63, 3.8) is 0 Å². The van der Waals surface area contributed by atoms with Crippen LogP contribution >= 0.6 is 9.24 Å². The minimum Gasteiger partial charge on any atom is -0.206 e. The molecule has 0 bridgehead atoms. The quantitative estimate of drug-likeness (QED) is 0.603. The number of hydrogen-bond acceptors (Lipinski definition) is 0. The Labute approximate surface area is 101 Å². The molecule has 16 heavy (non-hydrogen) atoms. The summed E-state index contributed by atoms with van der Waals surface area (Å²) in [5, 5.41) is 0.651. The van der Waals surface area contributed by atoms with Gasteiger partial charge in [0, 0.05) is 5.30 Å². The van der Waals surface area contributed by atoms with Gasteiger partial charge in [-0.1, -0.05) is 41.5 Å². The lowest BCUT2D eigenvalue weighted by Gasteiger charge is -2.30. The van der Waals surface area contributed by atoms with E-state index in [9.17, 15) is 4.39 Å². The molecule has 0 amide bonds. The van der Waals surface area contributed by atoms with Crippen LogP contribution in [-0.4, -0.2) is 0 Å². The molecule has 0 saturated heterocycles. The summed E-state index contributed by atoms with van der Waals surface area (Å²) >= 11 is 0. The molecule has 0 N–H and O–H groups in total. The topological polar surface area (TPSA) is 0 Å². The molecule has 90 valence electrons. The summed E-state index contributed by atoms with van der Waals surface area (Å²) in [4.78, 5) is 0. The van der Waals surface area contributed by atoms with Crippen molar-refractivity contribution in [3.8, 4) is 0 Å². The molecule has 1 unspecified atom stereocenters. The Morgan fingerprint density at radius 2 is 1.25 bits per heavy atom. The maximum Gasteiger partial charge on any atom is 0.130 e. The lowest BCUT2D eigenvalue weighted by molar-refractivity contribution is 0.523. The van der Waals surface area contributed by atoms with E-state index in [-0.39, 0.29) is 16.6 Å². The van der Waals surface area contributed by atoms with Gasteiger partial charge in [0.05, 0.1) is 0 Å². The largest absolute Gasteiger partial charge is 0.206 e. The van der Waals surface area contributed by atoms with Gasteiger partial charge in [0.15, 0.2) is 0 Å². The first-order chi connectivity index (χ1) is 7.03. The molecule has 1 rings (SSSR count). The van der Waals surface area contributed by atoms with E-state index in [0.717, 1.165) is 5.56 Å². The van der Waals surface area contributed by atoms with Crippen LogP contribution < -0.4 is 5.30 Å². The van der Waals surface area contributed by atoms with Crippen molar-refractivity contribution in [2.24, 2.45) is 0 Å². The number of rotatable bonds is 0. The molecule has 0 saturated carbocycles. The predicted molar refractivity (Wildman–Crippen MR) is 73.1 cm³/mol. The summed E-state index contributed by atoms with van der Waals surface area (Å²) in [5.74, 6) is -0.136. The first-order valence-corrected chi connectivity index (χ1v) is 6.21. The van der Waals surface area contributed by atoms with Crippen molar-refractivity contribution in [2.45, 2.75) is 52.4 Å². The fourth-order valence-corrected chi connectivity index (χ4v) is 2.08. The van der Waals surface area contributed by atoms with Crippen LogP contribution in [0, 0.1) is 5.82 Å². The van der Waals surface area contributed by atoms with Crippen molar-refractivity contribution < 1.29 is 4.39 Å². The van der Waals surface area contributed by atoms with E-state index in [2.05, 4.69) is 50.8 Å². The van der Waals surface area contributed by atoms with Gasteiger partial charge < -0.3 is 0 Å². The third kappa shape index (κ3) is 2.83. The van der Waals surface area contributed by atoms with E-state index >= 15 is 0 Å². The molecule has 2 heteroatoms. The maximum atomic E-state index is 13.7. The standard InChI is InChI=1S/C14H22FP/c1-13(2,3)9-7-11(15)12(16)8-10(9)14(4,5)6/h7-8H,16H2,1-6H3. The van der Waals surface area contributed by atoms with Crippen LogP contribution in [0.1, 0.15) is 52.7 Å². The smallest absolute Gasteiger partial charge is 0.130 e. The summed E-state index contributed by atoms with van der Waals surface area (Å²) in [5.41, 5.74) is 2.35. The van der Waals surface area contributed by atoms with Gasteiger partial charge in [-0.15, -0.1) is 9.24 Å². The van der Waals surface area contributed by atoms with E-state index in [0.29, 0.717) is 5.30 Å². The van der Waals surface area contributed by atoms with Gasteiger partial charge in [-0.25, -0.2) is 4.39 Å². The molecule has 0 spiro atoms. The molecule has 0 aromatic heterocycles.